The molecule has 1 aromatic heterocycles. The van der Waals surface area contributed by atoms with Crippen molar-refractivity contribution < 1.29 is 4.42 Å². The molecule has 0 bridgehead atoms. The van der Waals surface area contributed by atoms with E-state index in [-0.39, 0.29) is 6.04 Å². The SMILES string of the molecule is CNC(C)c1nnc(NCC(C2CC2)C2CC2)o1. The molecular weight excluding hydrogens is 228 g/mol. The third kappa shape index (κ3) is 2.66. The van der Waals surface area contributed by atoms with Gasteiger partial charge in [0.25, 0.3) is 0 Å². The molecule has 2 fully saturated rings. The Morgan fingerprint density at radius 2 is 1.89 bits per heavy atom. The molecule has 2 saturated carbocycles. The fourth-order valence-corrected chi connectivity index (χ4v) is 2.58. The minimum absolute atomic E-state index is 0.107. The van der Waals surface area contributed by atoms with Crippen LogP contribution in [0.2, 0.25) is 0 Å². The van der Waals surface area contributed by atoms with Crippen molar-refractivity contribution in [3.8, 4) is 0 Å². The maximum Gasteiger partial charge on any atom is 0.315 e. The number of anilines is 1. The van der Waals surface area contributed by atoms with Crippen molar-refractivity contribution in [2.75, 3.05) is 18.9 Å². The Labute approximate surface area is 108 Å². The lowest BCUT2D eigenvalue weighted by atomic mass is 9.98. The second-order valence-corrected chi connectivity index (χ2v) is 5.68. The van der Waals surface area contributed by atoms with E-state index in [0.717, 1.165) is 24.3 Å². The van der Waals surface area contributed by atoms with Crippen LogP contribution in [0.5, 0.6) is 0 Å². The number of hydrogen-bond acceptors (Lipinski definition) is 5. The first kappa shape index (κ1) is 12.0. The van der Waals surface area contributed by atoms with E-state index in [1.54, 1.807) is 0 Å². The van der Waals surface area contributed by atoms with Crippen LogP contribution in [0.25, 0.3) is 0 Å². The van der Waals surface area contributed by atoms with E-state index in [4.69, 9.17) is 4.42 Å². The van der Waals surface area contributed by atoms with E-state index >= 15 is 0 Å². The summed E-state index contributed by atoms with van der Waals surface area (Å²) in [4.78, 5) is 0. The maximum atomic E-state index is 5.59. The summed E-state index contributed by atoms with van der Waals surface area (Å²) in [5, 5.41) is 14.5. The second-order valence-electron chi connectivity index (χ2n) is 5.68. The first-order chi connectivity index (χ1) is 8.78. The molecule has 0 aliphatic heterocycles. The summed E-state index contributed by atoms with van der Waals surface area (Å²) >= 11 is 0. The first-order valence-electron chi connectivity index (χ1n) is 7.02. The number of hydrogen-bond donors (Lipinski definition) is 2. The van der Waals surface area contributed by atoms with Crippen LogP contribution in [0, 0.1) is 17.8 Å². The average molecular weight is 250 g/mol. The van der Waals surface area contributed by atoms with Gasteiger partial charge in [-0.25, -0.2) is 0 Å². The van der Waals surface area contributed by atoms with E-state index in [9.17, 15) is 0 Å². The molecule has 1 aromatic rings. The van der Waals surface area contributed by atoms with Crippen LogP contribution >= 0.6 is 0 Å². The highest BCUT2D eigenvalue weighted by atomic mass is 16.4. The van der Waals surface area contributed by atoms with E-state index in [1.807, 2.05) is 14.0 Å². The van der Waals surface area contributed by atoms with Gasteiger partial charge in [-0.1, -0.05) is 5.10 Å². The molecule has 2 aliphatic carbocycles. The molecule has 1 unspecified atom stereocenters. The molecule has 1 heterocycles. The van der Waals surface area contributed by atoms with E-state index in [2.05, 4.69) is 20.8 Å². The summed E-state index contributed by atoms with van der Waals surface area (Å²) in [5.41, 5.74) is 0. The minimum Gasteiger partial charge on any atom is -0.406 e. The highest BCUT2D eigenvalue weighted by molar-refractivity contribution is 5.18. The summed E-state index contributed by atoms with van der Waals surface area (Å²) in [5.74, 6) is 3.36. The van der Waals surface area contributed by atoms with Crippen molar-refractivity contribution in [1.29, 1.82) is 0 Å². The summed E-state index contributed by atoms with van der Waals surface area (Å²) in [7, 11) is 1.89. The van der Waals surface area contributed by atoms with E-state index in [1.165, 1.54) is 25.7 Å². The van der Waals surface area contributed by atoms with Gasteiger partial charge < -0.3 is 15.1 Å². The molecule has 1 atom stereocenters. The summed E-state index contributed by atoms with van der Waals surface area (Å²) < 4.78 is 5.59. The van der Waals surface area contributed by atoms with Crippen molar-refractivity contribution in [1.82, 2.24) is 15.5 Å². The molecule has 0 saturated heterocycles. The number of nitrogens with one attached hydrogen (secondary N) is 2. The normalized spacial score (nSPS) is 21.3. The highest BCUT2D eigenvalue weighted by Gasteiger charge is 2.41. The molecule has 2 N–H and O–H groups in total. The van der Waals surface area contributed by atoms with Crippen molar-refractivity contribution in [3.63, 3.8) is 0 Å². The molecule has 2 aliphatic rings. The molecule has 0 spiro atoms. The van der Waals surface area contributed by atoms with Gasteiger partial charge in [0.15, 0.2) is 0 Å². The van der Waals surface area contributed by atoms with Gasteiger partial charge in [0.1, 0.15) is 0 Å². The largest absolute Gasteiger partial charge is 0.406 e. The minimum atomic E-state index is 0.107. The third-order valence-electron chi connectivity index (χ3n) is 4.19. The highest BCUT2D eigenvalue weighted by Crippen LogP contribution is 2.49. The number of nitrogens with zero attached hydrogens (tertiary/aromatic N) is 2. The van der Waals surface area contributed by atoms with Gasteiger partial charge in [0, 0.05) is 6.54 Å². The van der Waals surface area contributed by atoms with Crippen LogP contribution in [-0.2, 0) is 0 Å². The van der Waals surface area contributed by atoms with Gasteiger partial charge in [0.2, 0.25) is 5.89 Å². The Bertz CT molecular complexity index is 385. The van der Waals surface area contributed by atoms with Crippen LogP contribution in [-0.4, -0.2) is 23.8 Å². The lowest BCUT2D eigenvalue weighted by molar-refractivity contribution is 0.411. The van der Waals surface area contributed by atoms with Gasteiger partial charge in [0.05, 0.1) is 6.04 Å². The smallest absolute Gasteiger partial charge is 0.315 e. The zero-order chi connectivity index (χ0) is 12.5. The Morgan fingerprint density at radius 1 is 1.22 bits per heavy atom. The van der Waals surface area contributed by atoms with Gasteiger partial charge in [-0.2, -0.15) is 0 Å². The van der Waals surface area contributed by atoms with E-state index in [0.29, 0.717) is 11.9 Å². The quantitative estimate of drug-likeness (QED) is 0.776. The zero-order valence-corrected chi connectivity index (χ0v) is 11.1. The predicted octanol–water partition coefficient (Wildman–Crippen LogP) is 2.20. The Morgan fingerprint density at radius 3 is 2.44 bits per heavy atom. The standard InChI is InChI=1S/C13H22N4O/c1-8(14-2)12-16-17-13(18-12)15-7-11(9-3-4-9)10-5-6-10/h8-11,14H,3-7H2,1-2H3,(H,15,17). The Balaban J connectivity index is 1.54. The van der Waals surface area contributed by atoms with Crippen molar-refractivity contribution in [2.45, 2.75) is 38.6 Å². The average Bonchev–Trinajstić information content (AvgIpc) is 3.29. The van der Waals surface area contributed by atoms with E-state index < -0.39 is 0 Å². The fraction of sp³-hybridized carbons (Fsp3) is 0.846. The lowest BCUT2D eigenvalue weighted by Crippen LogP contribution is -2.18. The third-order valence-corrected chi connectivity index (χ3v) is 4.19. The maximum absolute atomic E-state index is 5.59. The fourth-order valence-electron chi connectivity index (χ4n) is 2.58. The van der Waals surface area contributed by atoms with Crippen LogP contribution in [0.3, 0.4) is 0 Å². The molecule has 0 aromatic carbocycles. The first-order valence-corrected chi connectivity index (χ1v) is 7.02. The van der Waals surface area contributed by atoms with Crippen molar-refractivity contribution in [2.24, 2.45) is 17.8 Å². The summed E-state index contributed by atoms with van der Waals surface area (Å²) in [6, 6.07) is 0.675. The summed E-state index contributed by atoms with van der Waals surface area (Å²) in [6.45, 7) is 3.00. The van der Waals surface area contributed by atoms with Crippen LogP contribution in [0.4, 0.5) is 6.01 Å². The molecule has 0 radical (unpaired) electrons. The van der Waals surface area contributed by atoms with Gasteiger partial charge >= 0.3 is 6.01 Å². The molecule has 0 amide bonds. The molecule has 100 valence electrons. The molecular formula is C13H22N4O. The zero-order valence-electron chi connectivity index (χ0n) is 11.1. The summed E-state index contributed by atoms with van der Waals surface area (Å²) in [6.07, 6.45) is 5.65. The van der Waals surface area contributed by atoms with Gasteiger partial charge in [-0.05, 0) is 57.4 Å². The number of rotatable bonds is 7. The number of aromatic nitrogens is 2. The Hall–Kier alpha value is -1.10. The monoisotopic (exact) mass is 250 g/mol. The van der Waals surface area contributed by atoms with Crippen molar-refractivity contribution in [3.05, 3.63) is 5.89 Å². The van der Waals surface area contributed by atoms with Gasteiger partial charge in [-0.15, -0.1) is 5.10 Å². The van der Waals surface area contributed by atoms with Crippen LogP contribution in [0.15, 0.2) is 4.42 Å². The van der Waals surface area contributed by atoms with Crippen LogP contribution in [0.1, 0.15) is 44.5 Å². The molecule has 5 heteroatoms. The Kier molecular flexibility index (Phi) is 3.24. The molecule has 5 nitrogen and oxygen atoms in total. The topological polar surface area (TPSA) is 63.0 Å². The van der Waals surface area contributed by atoms with Crippen LogP contribution < -0.4 is 10.6 Å². The van der Waals surface area contributed by atoms with Crippen molar-refractivity contribution >= 4 is 6.01 Å². The molecule has 3 rings (SSSR count). The van der Waals surface area contributed by atoms with Gasteiger partial charge in [-0.3, -0.25) is 0 Å². The second kappa shape index (κ2) is 4.88. The molecule has 18 heavy (non-hydrogen) atoms. The predicted molar refractivity (Wildman–Crippen MR) is 69.2 cm³/mol. The lowest BCUT2D eigenvalue weighted by Gasteiger charge is -2.14.